The molecular weight excluding hydrogens is 426 g/mol. The number of nitro benzene ring substituents is 1. The third kappa shape index (κ3) is 4.20. The Balaban J connectivity index is 2.90. The summed E-state index contributed by atoms with van der Waals surface area (Å²) in [7, 11) is 0. The molecule has 0 radical (unpaired) electrons. The van der Waals surface area contributed by atoms with Crippen molar-refractivity contribution in [2.45, 2.75) is 6.10 Å². The first-order valence-corrected chi connectivity index (χ1v) is 7.16. The van der Waals surface area contributed by atoms with E-state index >= 15 is 0 Å². The van der Waals surface area contributed by atoms with Crippen LogP contribution in [0.3, 0.4) is 0 Å². The Morgan fingerprint density at radius 3 is 2.35 bits per heavy atom. The fourth-order valence-electron chi connectivity index (χ4n) is 1.01. The van der Waals surface area contributed by atoms with E-state index in [9.17, 15) is 15.2 Å². The maximum absolute atomic E-state index is 10.6. The molecular formula is C9H8Br3NO4. The van der Waals surface area contributed by atoms with Crippen LogP contribution < -0.4 is 4.74 Å². The number of hydrogen-bond donors (Lipinski definition) is 1. The van der Waals surface area contributed by atoms with E-state index < -0.39 is 11.0 Å². The van der Waals surface area contributed by atoms with Crippen molar-refractivity contribution in [3.8, 4) is 5.75 Å². The van der Waals surface area contributed by atoms with Crippen molar-refractivity contribution in [3.05, 3.63) is 31.2 Å². The monoisotopic (exact) mass is 431 g/mol. The summed E-state index contributed by atoms with van der Waals surface area (Å²) in [6.07, 6.45) is -0.635. The number of halogens is 3. The lowest BCUT2D eigenvalue weighted by atomic mass is 10.3. The second-order valence-corrected chi connectivity index (χ2v) is 5.47. The van der Waals surface area contributed by atoms with Crippen LogP contribution in [0.15, 0.2) is 21.1 Å². The van der Waals surface area contributed by atoms with Gasteiger partial charge in [0.15, 0.2) is 0 Å². The van der Waals surface area contributed by atoms with Gasteiger partial charge in [-0.3, -0.25) is 10.1 Å². The molecule has 94 valence electrons. The lowest BCUT2D eigenvalue weighted by Crippen LogP contribution is -2.18. The Labute approximate surface area is 123 Å². The molecule has 1 atom stereocenters. The smallest absolute Gasteiger partial charge is 0.271 e. The third-order valence-corrected chi connectivity index (χ3v) is 3.72. The number of aliphatic hydroxyl groups excluding tert-OH is 1. The van der Waals surface area contributed by atoms with Crippen molar-refractivity contribution in [2.24, 2.45) is 0 Å². The van der Waals surface area contributed by atoms with Gasteiger partial charge in [0.25, 0.3) is 5.69 Å². The van der Waals surface area contributed by atoms with Crippen molar-refractivity contribution in [1.29, 1.82) is 0 Å². The summed E-state index contributed by atoms with van der Waals surface area (Å²) in [6.45, 7) is 0.0975. The van der Waals surface area contributed by atoms with Crippen LogP contribution >= 0.6 is 47.8 Å². The van der Waals surface area contributed by atoms with Crippen LogP contribution in [0, 0.1) is 10.1 Å². The normalized spacial score (nSPS) is 12.2. The molecule has 1 unspecified atom stereocenters. The fraction of sp³-hybridized carbons (Fsp3) is 0.333. The summed E-state index contributed by atoms with van der Waals surface area (Å²) in [5.41, 5.74) is -0.0443. The molecule has 5 nitrogen and oxygen atoms in total. The first kappa shape index (κ1) is 14.9. The molecule has 0 aliphatic rings. The molecule has 0 saturated heterocycles. The van der Waals surface area contributed by atoms with Crippen LogP contribution in [-0.4, -0.2) is 28.1 Å². The number of hydrogen-bond acceptors (Lipinski definition) is 4. The minimum Gasteiger partial charge on any atom is -0.488 e. The fourth-order valence-corrected chi connectivity index (χ4v) is 2.59. The summed E-state index contributed by atoms with van der Waals surface area (Å²) in [5, 5.41) is 20.3. The molecule has 0 aliphatic heterocycles. The van der Waals surface area contributed by atoms with E-state index in [-0.39, 0.29) is 12.3 Å². The summed E-state index contributed by atoms with van der Waals surface area (Å²) < 4.78 is 6.28. The standard InChI is InChI=1S/C9H8Br3NO4/c10-3-6(14)4-17-9-7(11)1-5(13(15)16)2-8(9)12/h1-2,6,14H,3-4H2. The van der Waals surface area contributed by atoms with Gasteiger partial charge in [0.1, 0.15) is 12.4 Å². The summed E-state index contributed by atoms with van der Waals surface area (Å²) in [4.78, 5) is 10.1. The van der Waals surface area contributed by atoms with Gasteiger partial charge >= 0.3 is 0 Å². The number of nitro groups is 1. The third-order valence-electron chi connectivity index (χ3n) is 1.79. The van der Waals surface area contributed by atoms with Gasteiger partial charge in [-0.1, -0.05) is 15.9 Å². The number of benzene rings is 1. The topological polar surface area (TPSA) is 72.6 Å². The molecule has 0 aromatic heterocycles. The first-order valence-electron chi connectivity index (χ1n) is 4.46. The highest BCUT2D eigenvalue weighted by Gasteiger charge is 2.15. The van der Waals surface area contributed by atoms with E-state index in [1.54, 1.807) is 0 Å². The molecule has 0 bridgehead atoms. The lowest BCUT2D eigenvalue weighted by molar-refractivity contribution is -0.385. The number of ether oxygens (including phenoxy) is 1. The predicted octanol–water partition coefficient (Wildman–Crippen LogP) is 3.25. The second kappa shape index (κ2) is 6.67. The molecule has 0 fully saturated rings. The van der Waals surface area contributed by atoms with Crippen molar-refractivity contribution >= 4 is 53.5 Å². The lowest BCUT2D eigenvalue weighted by Gasteiger charge is -2.12. The number of aliphatic hydroxyl groups is 1. The predicted molar refractivity (Wildman–Crippen MR) is 73.8 cm³/mol. The minimum absolute atomic E-state index is 0.0443. The number of rotatable bonds is 5. The van der Waals surface area contributed by atoms with Gasteiger partial charge in [-0.2, -0.15) is 0 Å². The number of nitrogens with zero attached hydrogens (tertiary/aromatic N) is 1. The highest BCUT2D eigenvalue weighted by atomic mass is 79.9. The molecule has 0 heterocycles. The highest BCUT2D eigenvalue weighted by molar-refractivity contribution is 9.11. The first-order chi connectivity index (χ1) is 7.95. The molecule has 0 amide bonds. The summed E-state index contributed by atoms with van der Waals surface area (Å²) in [5.74, 6) is 0.426. The SMILES string of the molecule is O=[N+]([O-])c1cc(Br)c(OCC(O)CBr)c(Br)c1. The molecule has 0 saturated carbocycles. The van der Waals surface area contributed by atoms with Crippen molar-refractivity contribution in [1.82, 2.24) is 0 Å². The zero-order chi connectivity index (χ0) is 13.0. The van der Waals surface area contributed by atoms with Gasteiger partial charge in [0, 0.05) is 17.5 Å². The number of non-ortho nitro benzene ring substituents is 1. The Bertz CT molecular complexity index is 404. The van der Waals surface area contributed by atoms with Gasteiger partial charge < -0.3 is 9.84 Å². The summed E-state index contributed by atoms with van der Waals surface area (Å²) in [6, 6.07) is 2.70. The minimum atomic E-state index is -0.635. The summed E-state index contributed by atoms with van der Waals surface area (Å²) >= 11 is 9.48. The van der Waals surface area contributed by atoms with Gasteiger partial charge in [0.05, 0.1) is 20.0 Å². The van der Waals surface area contributed by atoms with E-state index in [0.717, 1.165) is 0 Å². The van der Waals surface area contributed by atoms with Gasteiger partial charge in [-0.15, -0.1) is 0 Å². The maximum Gasteiger partial charge on any atom is 0.271 e. The molecule has 1 aromatic carbocycles. The van der Waals surface area contributed by atoms with Crippen molar-refractivity contribution in [3.63, 3.8) is 0 Å². The molecule has 1 N–H and O–H groups in total. The second-order valence-electron chi connectivity index (χ2n) is 3.11. The highest BCUT2D eigenvalue weighted by Crippen LogP contribution is 2.37. The van der Waals surface area contributed by atoms with Crippen molar-refractivity contribution < 1.29 is 14.8 Å². The Kier molecular flexibility index (Phi) is 5.84. The van der Waals surface area contributed by atoms with Gasteiger partial charge in [0.2, 0.25) is 0 Å². The average Bonchev–Trinajstić information content (AvgIpc) is 2.27. The zero-order valence-electron chi connectivity index (χ0n) is 8.40. The van der Waals surface area contributed by atoms with Crippen LogP contribution in [0.2, 0.25) is 0 Å². The van der Waals surface area contributed by atoms with E-state index in [4.69, 9.17) is 4.74 Å². The van der Waals surface area contributed by atoms with Crippen LogP contribution in [0.1, 0.15) is 0 Å². The number of alkyl halides is 1. The Hall–Kier alpha value is -0.180. The van der Waals surface area contributed by atoms with Crippen LogP contribution in [-0.2, 0) is 0 Å². The molecule has 0 aliphatic carbocycles. The van der Waals surface area contributed by atoms with E-state index in [1.165, 1.54) is 12.1 Å². The van der Waals surface area contributed by atoms with E-state index in [1.807, 2.05) is 0 Å². The molecule has 1 aromatic rings. The van der Waals surface area contributed by atoms with Crippen molar-refractivity contribution in [2.75, 3.05) is 11.9 Å². The molecule has 17 heavy (non-hydrogen) atoms. The Morgan fingerprint density at radius 1 is 1.41 bits per heavy atom. The van der Waals surface area contributed by atoms with Crippen LogP contribution in [0.5, 0.6) is 5.75 Å². The molecule has 1 rings (SSSR count). The van der Waals surface area contributed by atoms with Gasteiger partial charge in [-0.05, 0) is 31.9 Å². The maximum atomic E-state index is 10.6. The van der Waals surface area contributed by atoms with Gasteiger partial charge in [-0.25, -0.2) is 0 Å². The molecule has 8 heteroatoms. The molecule has 0 spiro atoms. The average molecular weight is 434 g/mol. The quantitative estimate of drug-likeness (QED) is 0.439. The largest absolute Gasteiger partial charge is 0.488 e. The Morgan fingerprint density at radius 2 is 1.94 bits per heavy atom. The van der Waals surface area contributed by atoms with E-state index in [0.29, 0.717) is 20.0 Å². The van der Waals surface area contributed by atoms with E-state index in [2.05, 4.69) is 47.8 Å². The van der Waals surface area contributed by atoms with Crippen LogP contribution in [0.4, 0.5) is 5.69 Å². The van der Waals surface area contributed by atoms with Crippen LogP contribution in [0.25, 0.3) is 0 Å². The zero-order valence-corrected chi connectivity index (χ0v) is 13.2.